The van der Waals surface area contributed by atoms with Gasteiger partial charge in [-0.05, 0) is 27.2 Å². The van der Waals surface area contributed by atoms with Crippen LogP contribution in [0.1, 0.15) is 40.5 Å². The van der Waals surface area contributed by atoms with E-state index in [1.807, 2.05) is 0 Å². The van der Waals surface area contributed by atoms with E-state index in [0.29, 0.717) is 11.0 Å². The predicted octanol–water partition coefficient (Wildman–Crippen LogP) is 1.94. The molecule has 0 aromatic heterocycles. The molecule has 2 N–H and O–H groups in total. The van der Waals surface area contributed by atoms with Crippen LogP contribution in [-0.2, 0) is 4.74 Å². The number of ether oxygens (including phenoxy) is 1. The molecule has 0 aromatic rings. The highest BCUT2D eigenvalue weighted by atomic mass is 32.1. The maximum Gasteiger partial charge on any atom is 0.0757 e. The van der Waals surface area contributed by atoms with Crippen molar-refractivity contribution in [2.24, 2.45) is 5.73 Å². The zero-order chi connectivity index (χ0) is 12.3. The molecule has 0 saturated carbocycles. The summed E-state index contributed by atoms with van der Waals surface area (Å²) in [4.78, 5) is 3.08. The van der Waals surface area contributed by atoms with Crippen molar-refractivity contribution in [3.05, 3.63) is 0 Å². The number of rotatable bonds is 4. The van der Waals surface area contributed by atoms with Crippen molar-refractivity contribution in [2.45, 2.75) is 58.3 Å². The lowest BCUT2D eigenvalue weighted by Crippen LogP contribution is -2.55. The first-order chi connectivity index (χ1) is 7.34. The smallest absolute Gasteiger partial charge is 0.0757 e. The Hall–Kier alpha value is -0.190. The summed E-state index contributed by atoms with van der Waals surface area (Å²) >= 11 is 5.01. The van der Waals surface area contributed by atoms with Crippen LogP contribution < -0.4 is 5.73 Å². The Labute approximate surface area is 104 Å². The summed E-state index contributed by atoms with van der Waals surface area (Å²) < 4.78 is 5.90. The van der Waals surface area contributed by atoms with Crippen molar-refractivity contribution in [3.8, 4) is 0 Å². The van der Waals surface area contributed by atoms with Gasteiger partial charge < -0.3 is 10.5 Å². The minimum absolute atomic E-state index is 0.0682. The van der Waals surface area contributed by atoms with Crippen molar-refractivity contribution in [1.29, 1.82) is 0 Å². The summed E-state index contributed by atoms with van der Waals surface area (Å²) in [6.07, 6.45) is 2.18. The topological polar surface area (TPSA) is 38.5 Å². The molecule has 4 heteroatoms. The lowest BCUT2D eigenvalue weighted by Gasteiger charge is -2.45. The van der Waals surface area contributed by atoms with Gasteiger partial charge >= 0.3 is 0 Å². The molecule has 0 bridgehead atoms. The molecule has 3 nitrogen and oxygen atoms in total. The largest absolute Gasteiger partial charge is 0.393 e. The standard InChI is InChI=1S/C12H24N2OS/c1-5-10(6-11(13)16)14-7-9(2)15-12(3,4)8-14/h9-10H,5-8H2,1-4H3,(H2,13,16). The van der Waals surface area contributed by atoms with Gasteiger partial charge in [-0.25, -0.2) is 0 Å². The maximum atomic E-state index is 5.90. The van der Waals surface area contributed by atoms with E-state index in [-0.39, 0.29) is 11.7 Å². The van der Waals surface area contributed by atoms with E-state index in [1.165, 1.54) is 0 Å². The first-order valence-corrected chi connectivity index (χ1v) is 6.45. The van der Waals surface area contributed by atoms with Crippen molar-refractivity contribution in [1.82, 2.24) is 4.90 Å². The van der Waals surface area contributed by atoms with Gasteiger partial charge in [0.05, 0.1) is 16.7 Å². The summed E-state index contributed by atoms with van der Waals surface area (Å²) in [6, 6.07) is 0.461. The van der Waals surface area contributed by atoms with E-state index in [1.54, 1.807) is 0 Å². The molecule has 0 radical (unpaired) electrons. The fourth-order valence-electron chi connectivity index (χ4n) is 2.55. The Balaban J connectivity index is 2.66. The van der Waals surface area contributed by atoms with Crippen molar-refractivity contribution in [3.63, 3.8) is 0 Å². The molecule has 1 aliphatic rings. The van der Waals surface area contributed by atoms with E-state index in [4.69, 9.17) is 22.7 Å². The lowest BCUT2D eigenvalue weighted by molar-refractivity contribution is -0.137. The van der Waals surface area contributed by atoms with Crippen molar-refractivity contribution in [2.75, 3.05) is 13.1 Å². The van der Waals surface area contributed by atoms with Crippen molar-refractivity contribution < 1.29 is 4.74 Å². The fourth-order valence-corrected chi connectivity index (χ4v) is 2.74. The third kappa shape index (κ3) is 4.00. The summed E-state index contributed by atoms with van der Waals surface area (Å²) in [6.45, 7) is 10.5. The summed E-state index contributed by atoms with van der Waals surface area (Å²) in [7, 11) is 0. The van der Waals surface area contributed by atoms with Crippen LogP contribution in [0.25, 0.3) is 0 Å². The lowest BCUT2D eigenvalue weighted by atomic mass is 10.0. The van der Waals surface area contributed by atoms with E-state index >= 15 is 0 Å². The summed E-state index contributed by atoms with van der Waals surface area (Å²) in [5.74, 6) is 0. The van der Waals surface area contributed by atoms with Crippen LogP contribution in [-0.4, -0.2) is 40.7 Å². The van der Waals surface area contributed by atoms with Crippen LogP contribution in [0.5, 0.6) is 0 Å². The molecule has 0 amide bonds. The zero-order valence-electron chi connectivity index (χ0n) is 10.8. The van der Waals surface area contributed by atoms with Crippen LogP contribution in [0.2, 0.25) is 0 Å². The highest BCUT2D eigenvalue weighted by Crippen LogP contribution is 2.24. The first-order valence-electron chi connectivity index (χ1n) is 6.04. The predicted molar refractivity (Wildman–Crippen MR) is 71.7 cm³/mol. The molecule has 0 aromatic carbocycles. The highest BCUT2D eigenvalue weighted by molar-refractivity contribution is 7.80. The number of nitrogens with two attached hydrogens (primary N) is 1. The van der Waals surface area contributed by atoms with E-state index in [9.17, 15) is 0 Å². The molecular formula is C12H24N2OS. The van der Waals surface area contributed by atoms with Gasteiger partial charge in [-0.3, -0.25) is 4.90 Å². The summed E-state index contributed by atoms with van der Waals surface area (Å²) in [5, 5.41) is 0. The Morgan fingerprint density at radius 1 is 1.62 bits per heavy atom. The third-order valence-electron chi connectivity index (χ3n) is 3.02. The number of thiocarbonyl (C=S) groups is 1. The van der Waals surface area contributed by atoms with Gasteiger partial charge in [-0.15, -0.1) is 0 Å². The molecule has 2 unspecified atom stereocenters. The van der Waals surface area contributed by atoms with Crippen LogP contribution >= 0.6 is 12.2 Å². The molecular weight excluding hydrogens is 220 g/mol. The summed E-state index contributed by atoms with van der Waals surface area (Å²) in [5.41, 5.74) is 5.58. The maximum absolute atomic E-state index is 5.90. The number of hydrogen-bond acceptors (Lipinski definition) is 3. The molecule has 94 valence electrons. The molecule has 1 aliphatic heterocycles. The van der Waals surface area contributed by atoms with E-state index in [0.717, 1.165) is 25.9 Å². The normalized spacial score (nSPS) is 27.6. The molecule has 2 atom stereocenters. The fraction of sp³-hybridized carbons (Fsp3) is 0.917. The SMILES string of the molecule is CCC(CC(N)=S)N1CC(C)OC(C)(C)C1. The van der Waals surface area contributed by atoms with Crippen molar-refractivity contribution >= 4 is 17.2 Å². The molecule has 1 heterocycles. The van der Waals surface area contributed by atoms with Gasteiger partial charge in [-0.2, -0.15) is 0 Å². The van der Waals surface area contributed by atoms with Crippen LogP contribution in [0.15, 0.2) is 0 Å². The molecule has 1 fully saturated rings. The van der Waals surface area contributed by atoms with Gasteiger partial charge in [-0.1, -0.05) is 19.1 Å². The minimum Gasteiger partial charge on any atom is -0.393 e. The Kier molecular flexibility index (Phi) is 4.71. The number of morpholine rings is 1. The van der Waals surface area contributed by atoms with Crippen LogP contribution in [0.4, 0.5) is 0 Å². The van der Waals surface area contributed by atoms with Crippen LogP contribution in [0, 0.1) is 0 Å². The second kappa shape index (κ2) is 5.43. The molecule has 0 spiro atoms. The molecule has 16 heavy (non-hydrogen) atoms. The minimum atomic E-state index is -0.0682. The zero-order valence-corrected chi connectivity index (χ0v) is 11.6. The second-order valence-electron chi connectivity index (χ2n) is 5.35. The monoisotopic (exact) mass is 244 g/mol. The molecule has 0 aliphatic carbocycles. The number of hydrogen-bond donors (Lipinski definition) is 1. The van der Waals surface area contributed by atoms with Gasteiger partial charge in [0.1, 0.15) is 0 Å². The number of nitrogens with zero attached hydrogens (tertiary/aromatic N) is 1. The van der Waals surface area contributed by atoms with Crippen LogP contribution in [0.3, 0.4) is 0 Å². The van der Waals surface area contributed by atoms with E-state index < -0.39 is 0 Å². The van der Waals surface area contributed by atoms with Gasteiger partial charge in [0.2, 0.25) is 0 Å². The Morgan fingerprint density at radius 2 is 2.25 bits per heavy atom. The van der Waals surface area contributed by atoms with E-state index in [2.05, 4.69) is 32.6 Å². The molecule has 1 rings (SSSR count). The van der Waals surface area contributed by atoms with Gasteiger partial charge in [0.25, 0.3) is 0 Å². The Bertz CT molecular complexity index is 255. The first kappa shape index (κ1) is 13.9. The average molecular weight is 244 g/mol. The van der Waals surface area contributed by atoms with Gasteiger partial charge in [0, 0.05) is 25.6 Å². The third-order valence-corrected chi connectivity index (χ3v) is 3.19. The Morgan fingerprint density at radius 3 is 2.69 bits per heavy atom. The average Bonchev–Trinajstić information content (AvgIpc) is 2.10. The highest BCUT2D eigenvalue weighted by Gasteiger charge is 2.34. The van der Waals surface area contributed by atoms with Gasteiger partial charge in [0.15, 0.2) is 0 Å². The second-order valence-corrected chi connectivity index (χ2v) is 5.87. The quantitative estimate of drug-likeness (QED) is 0.767. The molecule has 1 saturated heterocycles.